The Labute approximate surface area is 116 Å². The number of sulfone groups is 1. The molecule has 1 aromatic carbocycles. The van der Waals surface area contributed by atoms with Crippen LogP contribution in [0, 0.1) is 10.1 Å². The van der Waals surface area contributed by atoms with E-state index in [4.69, 9.17) is 4.74 Å². The fraction of sp³-hybridized carbons (Fsp3) is 0.333. The number of nitrogens with one attached hydrogen (secondary N) is 1. The summed E-state index contributed by atoms with van der Waals surface area (Å²) in [6, 6.07) is 3.89. The second kappa shape index (κ2) is 5.49. The molecule has 0 fully saturated rings. The number of hydrogen-bond acceptors (Lipinski definition) is 6. The summed E-state index contributed by atoms with van der Waals surface area (Å²) in [5, 5.41) is 14.9. The molecule has 20 heavy (non-hydrogen) atoms. The van der Waals surface area contributed by atoms with E-state index in [1.54, 1.807) is 13.0 Å². The molecule has 0 amide bonds. The van der Waals surface area contributed by atoms with Crippen molar-refractivity contribution < 1.29 is 18.1 Å². The molecule has 7 nitrogen and oxygen atoms in total. The molecule has 2 rings (SSSR count). The van der Waals surface area contributed by atoms with Crippen LogP contribution < -0.4 is 10.1 Å². The van der Waals surface area contributed by atoms with Crippen LogP contribution in [0.4, 0.5) is 11.4 Å². The maximum absolute atomic E-state index is 11.3. The molecule has 0 aromatic heterocycles. The van der Waals surface area contributed by atoms with Gasteiger partial charge in [-0.2, -0.15) is 0 Å². The van der Waals surface area contributed by atoms with E-state index in [0.29, 0.717) is 18.0 Å². The molecular weight excluding hydrogens is 284 g/mol. The zero-order valence-electron chi connectivity index (χ0n) is 10.8. The highest BCUT2D eigenvalue weighted by atomic mass is 32.2. The lowest BCUT2D eigenvalue weighted by atomic mass is 10.2. The molecule has 108 valence electrons. The summed E-state index contributed by atoms with van der Waals surface area (Å²) in [5.41, 5.74) is 0.345. The third-order valence-corrected chi connectivity index (χ3v) is 4.09. The first-order chi connectivity index (χ1) is 9.39. The summed E-state index contributed by atoms with van der Waals surface area (Å²) >= 11 is 0. The minimum Gasteiger partial charge on any atom is -0.494 e. The molecule has 1 unspecified atom stereocenters. The van der Waals surface area contributed by atoms with E-state index in [9.17, 15) is 18.5 Å². The average Bonchev–Trinajstić information content (AvgIpc) is 2.68. The highest BCUT2D eigenvalue weighted by Crippen LogP contribution is 2.27. The predicted molar refractivity (Wildman–Crippen MR) is 74.6 cm³/mol. The van der Waals surface area contributed by atoms with E-state index in [2.05, 4.69) is 5.32 Å². The van der Waals surface area contributed by atoms with Gasteiger partial charge in [0.2, 0.25) is 0 Å². The van der Waals surface area contributed by atoms with Gasteiger partial charge in [0.05, 0.1) is 29.4 Å². The van der Waals surface area contributed by atoms with Crippen molar-refractivity contribution in [1.82, 2.24) is 0 Å². The number of nitro groups is 1. The van der Waals surface area contributed by atoms with E-state index < -0.39 is 20.8 Å². The second-order valence-electron chi connectivity index (χ2n) is 4.31. The van der Waals surface area contributed by atoms with Gasteiger partial charge < -0.3 is 10.1 Å². The molecule has 0 radical (unpaired) electrons. The minimum absolute atomic E-state index is 0.0559. The topological polar surface area (TPSA) is 98.5 Å². The molecule has 1 atom stereocenters. The highest BCUT2D eigenvalue weighted by molar-refractivity contribution is 7.94. The normalized spacial score (nSPS) is 19.8. The van der Waals surface area contributed by atoms with Crippen molar-refractivity contribution in [3.63, 3.8) is 0 Å². The first-order valence-electron chi connectivity index (χ1n) is 5.99. The smallest absolute Gasteiger partial charge is 0.275 e. The van der Waals surface area contributed by atoms with Gasteiger partial charge in [-0.3, -0.25) is 10.1 Å². The summed E-state index contributed by atoms with van der Waals surface area (Å²) in [7, 11) is -3.17. The molecule has 1 aliphatic heterocycles. The van der Waals surface area contributed by atoms with Crippen molar-refractivity contribution >= 4 is 21.2 Å². The third-order valence-electron chi connectivity index (χ3n) is 2.70. The predicted octanol–water partition coefficient (Wildman–Crippen LogP) is 1.72. The van der Waals surface area contributed by atoms with Gasteiger partial charge in [-0.15, -0.1) is 0 Å². The Morgan fingerprint density at radius 2 is 2.20 bits per heavy atom. The minimum atomic E-state index is -3.17. The molecule has 0 bridgehead atoms. The lowest BCUT2D eigenvalue weighted by Gasteiger charge is -2.13. The fourth-order valence-electron chi connectivity index (χ4n) is 1.90. The van der Waals surface area contributed by atoms with Crippen molar-refractivity contribution in [1.29, 1.82) is 0 Å². The van der Waals surface area contributed by atoms with E-state index in [0.717, 1.165) is 5.41 Å². The summed E-state index contributed by atoms with van der Waals surface area (Å²) in [6.07, 6.45) is 1.52. The van der Waals surface area contributed by atoms with E-state index >= 15 is 0 Å². The Kier molecular flexibility index (Phi) is 3.93. The zero-order valence-corrected chi connectivity index (χ0v) is 11.6. The highest BCUT2D eigenvalue weighted by Gasteiger charge is 2.22. The van der Waals surface area contributed by atoms with Gasteiger partial charge in [0.1, 0.15) is 5.75 Å². The molecular formula is C12H14N2O5S. The van der Waals surface area contributed by atoms with Crippen LogP contribution in [0.2, 0.25) is 0 Å². The monoisotopic (exact) mass is 298 g/mol. The van der Waals surface area contributed by atoms with Gasteiger partial charge in [-0.05, 0) is 6.92 Å². The maximum atomic E-state index is 11.3. The number of non-ortho nitro benzene ring substituents is 1. The lowest BCUT2D eigenvalue weighted by molar-refractivity contribution is -0.384. The van der Waals surface area contributed by atoms with Crippen molar-refractivity contribution in [2.75, 3.05) is 17.7 Å². The van der Waals surface area contributed by atoms with Crippen LogP contribution in [-0.4, -0.2) is 31.7 Å². The lowest BCUT2D eigenvalue weighted by Crippen LogP contribution is -2.20. The summed E-state index contributed by atoms with van der Waals surface area (Å²) in [5.74, 6) is 0.314. The van der Waals surface area contributed by atoms with E-state index in [1.165, 1.54) is 18.2 Å². The van der Waals surface area contributed by atoms with Crippen LogP contribution >= 0.6 is 0 Å². The quantitative estimate of drug-likeness (QED) is 0.656. The Bertz CT molecular complexity index is 654. The van der Waals surface area contributed by atoms with Crippen molar-refractivity contribution in [3.8, 4) is 5.75 Å². The number of rotatable bonds is 5. The Balaban J connectivity index is 2.23. The van der Waals surface area contributed by atoms with Crippen LogP contribution in [-0.2, 0) is 9.84 Å². The van der Waals surface area contributed by atoms with Crippen molar-refractivity contribution in [2.24, 2.45) is 0 Å². The molecule has 0 saturated carbocycles. The number of nitro benzene ring substituents is 1. The van der Waals surface area contributed by atoms with Gasteiger partial charge in [0.25, 0.3) is 5.69 Å². The van der Waals surface area contributed by atoms with Gasteiger partial charge in [0, 0.05) is 23.2 Å². The molecule has 1 N–H and O–H groups in total. The number of hydrogen-bond donors (Lipinski definition) is 1. The zero-order chi connectivity index (χ0) is 14.8. The second-order valence-corrected chi connectivity index (χ2v) is 6.25. The van der Waals surface area contributed by atoms with Gasteiger partial charge in [-0.25, -0.2) is 8.42 Å². The summed E-state index contributed by atoms with van der Waals surface area (Å²) in [4.78, 5) is 10.3. The number of benzene rings is 1. The molecule has 0 aliphatic carbocycles. The van der Waals surface area contributed by atoms with Gasteiger partial charge in [-0.1, -0.05) is 6.08 Å². The van der Waals surface area contributed by atoms with E-state index in [1.807, 2.05) is 0 Å². The Morgan fingerprint density at radius 3 is 2.75 bits per heavy atom. The number of ether oxygens (including phenoxy) is 1. The van der Waals surface area contributed by atoms with Crippen molar-refractivity contribution in [2.45, 2.75) is 13.0 Å². The molecule has 0 spiro atoms. The Morgan fingerprint density at radius 1 is 1.45 bits per heavy atom. The van der Waals surface area contributed by atoms with Gasteiger partial charge >= 0.3 is 0 Å². The van der Waals surface area contributed by atoms with Crippen LogP contribution in [0.3, 0.4) is 0 Å². The van der Waals surface area contributed by atoms with Crippen LogP contribution in [0.25, 0.3) is 0 Å². The summed E-state index contributed by atoms with van der Waals surface area (Å²) < 4.78 is 27.9. The molecule has 0 saturated heterocycles. The SMILES string of the molecule is CCOc1cc(NC2C=CS(=O)(=O)C2)cc([N+](=O)[O-])c1. The largest absolute Gasteiger partial charge is 0.494 e. The summed E-state index contributed by atoms with van der Waals surface area (Å²) in [6.45, 7) is 2.16. The molecule has 1 aliphatic rings. The fourth-order valence-corrected chi connectivity index (χ4v) is 3.14. The van der Waals surface area contributed by atoms with Crippen LogP contribution in [0.15, 0.2) is 29.7 Å². The molecule has 8 heteroatoms. The van der Waals surface area contributed by atoms with Gasteiger partial charge in [0.15, 0.2) is 9.84 Å². The molecule has 1 aromatic rings. The average molecular weight is 298 g/mol. The maximum Gasteiger partial charge on any atom is 0.275 e. The first kappa shape index (κ1) is 14.3. The number of anilines is 1. The van der Waals surface area contributed by atoms with Crippen LogP contribution in [0.1, 0.15) is 6.92 Å². The Hall–Kier alpha value is -2.09. The number of nitrogens with zero attached hydrogens (tertiary/aromatic N) is 1. The van der Waals surface area contributed by atoms with E-state index in [-0.39, 0.29) is 11.4 Å². The standard InChI is InChI=1S/C12H14N2O5S/c1-2-19-12-6-10(5-11(7-12)14(15)16)13-9-3-4-20(17,18)8-9/h3-7,9,13H,2,8H2,1H3. The first-order valence-corrected chi connectivity index (χ1v) is 7.71. The third kappa shape index (κ3) is 3.47. The van der Waals surface area contributed by atoms with Crippen molar-refractivity contribution in [3.05, 3.63) is 39.8 Å². The molecule has 1 heterocycles. The van der Waals surface area contributed by atoms with Crippen LogP contribution in [0.5, 0.6) is 5.75 Å².